The third-order valence-corrected chi connectivity index (χ3v) is 4.67. The van der Waals surface area contributed by atoms with Gasteiger partial charge in [0, 0.05) is 38.6 Å². The Morgan fingerprint density at radius 1 is 1.21 bits per heavy atom. The van der Waals surface area contributed by atoms with Crippen LogP contribution < -0.4 is 15.4 Å². The number of carbonyl (C=O) groups excluding carboxylic acids is 2. The maximum absolute atomic E-state index is 12.8. The molecule has 0 spiro atoms. The molecule has 0 saturated heterocycles. The quantitative estimate of drug-likeness (QED) is 0.679. The zero-order valence-electron chi connectivity index (χ0n) is 16.3. The summed E-state index contributed by atoms with van der Waals surface area (Å²) >= 11 is 0. The normalized spacial score (nSPS) is 12.9. The van der Waals surface area contributed by atoms with Gasteiger partial charge in [-0.1, -0.05) is 6.07 Å². The van der Waals surface area contributed by atoms with Crippen LogP contribution in [0.25, 0.3) is 0 Å². The monoisotopic (exact) mass is 386 g/mol. The lowest BCUT2D eigenvalue weighted by atomic mass is 10.1. The number of hydrogen-bond acceptors (Lipinski definition) is 5. The topological polar surface area (TPSA) is 94.5 Å². The van der Waals surface area contributed by atoms with E-state index < -0.39 is 0 Å². The van der Waals surface area contributed by atoms with Crippen molar-refractivity contribution in [3.05, 3.63) is 41.5 Å². The van der Waals surface area contributed by atoms with Crippen molar-refractivity contribution in [2.24, 2.45) is 0 Å². The summed E-state index contributed by atoms with van der Waals surface area (Å²) < 4.78 is 12.1. The van der Waals surface area contributed by atoms with E-state index in [1.807, 2.05) is 4.57 Å². The molecule has 2 aromatic rings. The van der Waals surface area contributed by atoms with Crippen molar-refractivity contribution in [1.82, 2.24) is 14.9 Å². The number of carbonyl (C=O) groups is 2. The number of nitrogens with one attached hydrogen (secondary N) is 2. The highest BCUT2D eigenvalue weighted by Crippen LogP contribution is 2.23. The van der Waals surface area contributed by atoms with Crippen LogP contribution in [0.1, 0.15) is 46.1 Å². The highest BCUT2D eigenvalue weighted by atomic mass is 16.5. The molecule has 1 aliphatic rings. The Morgan fingerprint density at radius 3 is 2.86 bits per heavy atom. The minimum absolute atomic E-state index is 0.264. The second-order valence-electron chi connectivity index (χ2n) is 6.63. The molecule has 1 aromatic heterocycles. The zero-order chi connectivity index (χ0) is 19.9. The lowest BCUT2D eigenvalue weighted by Crippen LogP contribution is -2.29. The number of nitrogens with zero attached hydrogens (tertiary/aromatic N) is 2. The molecule has 150 valence electrons. The fraction of sp³-hybridized carbons (Fsp3) is 0.450. The molecule has 0 aliphatic carbocycles. The van der Waals surface area contributed by atoms with Gasteiger partial charge in [-0.15, -0.1) is 0 Å². The summed E-state index contributed by atoms with van der Waals surface area (Å²) in [5.41, 5.74) is 1.74. The highest BCUT2D eigenvalue weighted by molar-refractivity contribution is 6.05. The first-order valence-corrected chi connectivity index (χ1v) is 9.46. The number of anilines is 1. The summed E-state index contributed by atoms with van der Waals surface area (Å²) in [7, 11) is 3.20. The molecule has 0 bridgehead atoms. The van der Waals surface area contributed by atoms with Crippen LogP contribution in [-0.2, 0) is 17.7 Å². The molecular weight excluding hydrogens is 360 g/mol. The first-order valence-electron chi connectivity index (χ1n) is 9.46. The van der Waals surface area contributed by atoms with Crippen LogP contribution in [0.2, 0.25) is 0 Å². The van der Waals surface area contributed by atoms with Gasteiger partial charge in [0.25, 0.3) is 11.8 Å². The number of hydrogen-bond donors (Lipinski definition) is 2. The highest BCUT2D eigenvalue weighted by Gasteiger charge is 2.27. The fourth-order valence-corrected chi connectivity index (χ4v) is 3.29. The van der Waals surface area contributed by atoms with Crippen molar-refractivity contribution < 1.29 is 19.1 Å². The van der Waals surface area contributed by atoms with E-state index in [1.54, 1.807) is 38.5 Å². The second kappa shape index (κ2) is 9.36. The van der Waals surface area contributed by atoms with E-state index in [0.717, 1.165) is 31.4 Å². The molecule has 8 heteroatoms. The minimum Gasteiger partial charge on any atom is -0.497 e. The number of aromatic nitrogens is 2. The number of amides is 2. The van der Waals surface area contributed by atoms with Gasteiger partial charge >= 0.3 is 0 Å². The van der Waals surface area contributed by atoms with E-state index in [0.29, 0.717) is 42.7 Å². The zero-order valence-corrected chi connectivity index (χ0v) is 16.3. The van der Waals surface area contributed by atoms with Gasteiger partial charge in [0.05, 0.1) is 12.8 Å². The van der Waals surface area contributed by atoms with Gasteiger partial charge in [-0.3, -0.25) is 9.59 Å². The predicted octanol–water partition coefficient (Wildman–Crippen LogP) is 2.25. The van der Waals surface area contributed by atoms with E-state index in [2.05, 4.69) is 15.6 Å². The molecular formula is C20H26N4O4. The standard InChI is InChI=1S/C20H26N4O4/c1-27-12-6-10-21-20(26)18-23-17(16-9-3-4-11-24(16)18)19(25)22-14-7-5-8-15(13-14)28-2/h5,7-8,13H,3-4,6,9-12H2,1-2H3,(H,21,26)(H,22,25). The summed E-state index contributed by atoms with van der Waals surface area (Å²) in [6.07, 6.45) is 3.38. The largest absolute Gasteiger partial charge is 0.497 e. The summed E-state index contributed by atoms with van der Waals surface area (Å²) in [6, 6.07) is 7.13. The van der Waals surface area contributed by atoms with Gasteiger partial charge in [-0.25, -0.2) is 4.98 Å². The Kier molecular flexibility index (Phi) is 6.65. The number of fused-ring (bicyclic) bond motifs is 1. The maximum atomic E-state index is 12.8. The first kappa shape index (κ1) is 19.9. The van der Waals surface area contributed by atoms with Gasteiger partial charge in [-0.2, -0.15) is 0 Å². The van der Waals surface area contributed by atoms with Gasteiger partial charge in [0.2, 0.25) is 0 Å². The van der Waals surface area contributed by atoms with Crippen molar-refractivity contribution in [2.75, 3.05) is 32.7 Å². The molecule has 0 atom stereocenters. The van der Waals surface area contributed by atoms with Gasteiger partial charge in [-0.05, 0) is 37.8 Å². The van der Waals surface area contributed by atoms with Crippen molar-refractivity contribution in [3.63, 3.8) is 0 Å². The fourth-order valence-electron chi connectivity index (χ4n) is 3.29. The van der Waals surface area contributed by atoms with E-state index in [9.17, 15) is 9.59 Å². The average molecular weight is 386 g/mol. The second-order valence-corrected chi connectivity index (χ2v) is 6.63. The molecule has 2 amide bonds. The van der Waals surface area contributed by atoms with Crippen molar-refractivity contribution >= 4 is 17.5 Å². The molecule has 2 N–H and O–H groups in total. The molecule has 28 heavy (non-hydrogen) atoms. The maximum Gasteiger partial charge on any atom is 0.287 e. The van der Waals surface area contributed by atoms with Crippen LogP contribution >= 0.6 is 0 Å². The number of ether oxygens (including phenoxy) is 2. The van der Waals surface area contributed by atoms with E-state index in [-0.39, 0.29) is 11.8 Å². The molecule has 1 aliphatic heterocycles. The Bertz CT molecular complexity index is 847. The summed E-state index contributed by atoms with van der Waals surface area (Å²) in [5.74, 6) is 0.362. The first-order chi connectivity index (χ1) is 13.6. The molecule has 3 rings (SSSR count). The minimum atomic E-state index is -0.322. The van der Waals surface area contributed by atoms with Crippen molar-refractivity contribution in [3.8, 4) is 5.75 Å². The van der Waals surface area contributed by atoms with Gasteiger partial charge in [0.1, 0.15) is 5.75 Å². The number of rotatable bonds is 8. The van der Waals surface area contributed by atoms with Crippen molar-refractivity contribution in [2.45, 2.75) is 32.2 Å². The van der Waals surface area contributed by atoms with E-state index in [4.69, 9.17) is 9.47 Å². The summed E-state index contributed by atoms with van der Waals surface area (Å²) in [6.45, 7) is 1.77. The number of methoxy groups -OCH3 is 2. The molecule has 2 heterocycles. The molecule has 0 saturated carbocycles. The third kappa shape index (κ3) is 4.51. The van der Waals surface area contributed by atoms with Crippen LogP contribution in [0.5, 0.6) is 5.75 Å². The molecule has 1 aromatic carbocycles. The Balaban J connectivity index is 1.79. The van der Waals surface area contributed by atoms with Crippen LogP contribution in [0.15, 0.2) is 24.3 Å². The van der Waals surface area contributed by atoms with E-state index >= 15 is 0 Å². The van der Waals surface area contributed by atoms with Crippen LogP contribution in [-0.4, -0.2) is 48.7 Å². The Hall–Kier alpha value is -2.87. The average Bonchev–Trinajstić information content (AvgIpc) is 3.11. The summed E-state index contributed by atoms with van der Waals surface area (Å²) in [4.78, 5) is 29.8. The lowest BCUT2D eigenvalue weighted by Gasteiger charge is -2.17. The predicted molar refractivity (Wildman–Crippen MR) is 105 cm³/mol. The molecule has 8 nitrogen and oxygen atoms in total. The van der Waals surface area contributed by atoms with Crippen LogP contribution in [0.3, 0.4) is 0 Å². The molecule has 0 fully saturated rings. The third-order valence-electron chi connectivity index (χ3n) is 4.67. The SMILES string of the molecule is COCCCNC(=O)c1nc(C(=O)Nc2cccc(OC)c2)c2n1CCCC2. The van der Waals surface area contributed by atoms with E-state index in [1.165, 1.54) is 0 Å². The van der Waals surface area contributed by atoms with Crippen molar-refractivity contribution in [1.29, 1.82) is 0 Å². The lowest BCUT2D eigenvalue weighted by molar-refractivity contribution is 0.0932. The van der Waals surface area contributed by atoms with Gasteiger partial charge < -0.3 is 24.7 Å². The Morgan fingerprint density at radius 2 is 2.07 bits per heavy atom. The Labute approximate surface area is 164 Å². The number of imidazole rings is 1. The van der Waals surface area contributed by atoms with Crippen LogP contribution in [0.4, 0.5) is 5.69 Å². The van der Waals surface area contributed by atoms with Gasteiger partial charge in [0.15, 0.2) is 11.5 Å². The molecule has 0 radical (unpaired) electrons. The smallest absolute Gasteiger partial charge is 0.287 e. The number of benzene rings is 1. The van der Waals surface area contributed by atoms with Crippen LogP contribution in [0, 0.1) is 0 Å². The molecule has 0 unspecified atom stereocenters. The summed E-state index contributed by atoms with van der Waals surface area (Å²) in [5, 5.41) is 5.70.